The summed E-state index contributed by atoms with van der Waals surface area (Å²) in [4.78, 5) is 4.18. The zero-order chi connectivity index (χ0) is 20.6. The highest BCUT2D eigenvalue weighted by atomic mass is 32.2. The lowest BCUT2D eigenvalue weighted by Gasteiger charge is -2.13. The molecule has 2 aromatic carbocycles. The van der Waals surface area contributed by atoms with Gasteiger partial charge >= 0.3 is 0 Å². The summed E-state index contributed by atoms with van der Waals surface area (Å²) in [6, 6.07) is 21.2. The van der Waals surface area contributed by atoms with Crippen LogP contribution in [0.1, 0.15) is 16.7 Å². The molecule has 0 saturated heterocycles. The molecule has 0 bridgehead atoms. The van der Waals surface area contributed by atoms with E-state index in [4.69, 9.17) is 15.6 Å². The first-order valence-corrected chi connectivity index (χ1v) is 9.81. The maximum atomic E-state index is 9.69. The zero-order valence-corrected chi connectivity index (χ0v) is 16.3. The number of nitrogen functional groups attached to an aromatic ring is 1. The van der Waals surface area contributed by atoms with Crippen LogP contribution in [0.5, 0.6) is 5.75 Å². The van der Waals surface area contributed by atoms with Crippen LogP contribution in [0.4, 0.5) is 5.82 Å². The number of nitrogens with zero attached hydrogens (tertiary/aromatic N) is 3. The molecule has 3 N–H and O–H groups in total. The van der Waals surface area contributed by atoms with Crippen LogP contribution in [-0.2, 0) is 6.61 Å². The molecule has 1 aromatic heterocycles. The molecule has 3 rings (SSSR count). The van der Waals surface area contributed by atoms with Gasteiger partial charge in [0.2, 0.25) is 0 Å². The average molecular weight is 402 g/mol. The predicted molar refractivity (Wildman–Crippen MR) is 112 cm³/mol. The molecule has 0 atom stereocenters. The molecule has 0 amide bonds. The number of ether oxygens (including phenoxy) is 1. The molecule has 0 unspecified atom stereocenters. The molecule has 0 radical (unpaired) electrons. The predicted octanol–water partition coefficient (Wildman–Crippen LogP) is 3.74. The Morgan fingerprint density at radius 1 is 1.00 bits per heavy atom. The van der Waals surface area contributed by atoms with Crippen molar-refractivity contribution >= 4 is 17.6 Å². The minimum Gasteiger partial charge on any atom is -0.489 e. The van der Waals surface area contributed by atoms with E-state index in [2.05, 4.69) is 17.1 Å². The zero-order valence-electron chi connectivity index (χ0n) is 15.5. The third-order valence-corrected chi connectivity index (χ3v) is 5.09. The number of pyridine rings is 1. The van der Waals surface area contributed by atoms with Crippen molar-refractivity contribution in [3.05, 3.63) is 71.3 Å². The van der Waals surface area contributed by atoms with E-state index in [0.29, 0.717) is 34.3 Å². The number of aromatic nitrogens is 1. The largest absolute Gasteiger partial charge is 0.489 e. The van der Waals surface area contributed by atoms with Gasteiger partial charge in [0.15, 0.2) is 0 Å². The maximum absolute atomic E-state index is 9.69. The average Bonchev–Trinajstić information content (AvgIpc) is 2.76. The fourth-order valence-electron chi connectivity index (χ4n) is 2.79. The fraction of sp³-hybridized carbons (Fsp3) is 0.136. The van der Waals surface area contributed by atoms with Crippen LogP contribution in [-0.4, -0.2) is 22.5 Å². The van der Waals surface area contributed by atoms with Gasteiger partial charge in [-0.15, -0.1) is 11.8 Å². The summed E-state index contributed by atoms with van der Waals surface area (Å²) in [6.07, 6.45) is 0. The Morgan fingerprint density at radius 3 is 2.31 bits per heavy atom. The number of anilines is 1. The van der Waals surface area contributed by atoms with Crippen LogP contribution >= 0.6 is 11.8 Å². The van der Waals surface area contributed by atoms with Gasteiger partial charge in [-0.25, -0.2) is 4.98 Å². The molecular weight excluding hydrogens is 384 g/mol. The Balaban J connectivity index is 1.94. The summed E-state index contributed by atoms with van der Waals surface area (Å²) in [5.41, 5.74) is 8.57. The molecular formula is C22H18N4O2S. The normalized spacial score (nSPS) is 10.2. The molecule has 1 heterocycles. The first-order valence-electron chi connectivity index (χ1n) is 8.82. The lowest BCUT2D eigenvalue weighted by molar-refractivity contribution is 0.306. The van der Waals surface area contributed by atoms with E-state index in [1.807, 2.05) is 30.3 Å². The number of nitriles is 2. The SMILES string of the molecule is N#Cc1c(N)nc(SCCO)c(C#N)c1-c1ccc(OCc2ccccc2)cc1. The second-order valence-electron chi connectivity index (χ2n) is 6.02. The standard InChI is InChI=1S/C22H18N4O2S/c23-12-18-20(19(13-24)22(26-21(18)25)29-11-10-27)16-6-8-17(9-7-16)28-14-15-4-2-1-3-5-15/h1-9,27H,10-11,14H2,(H2,25,26). The van der Waals surface area contributed by atoms with Crippen molar-refractivity contribution in [2.45, 2.75) is 11.6 Å². The molecule has 6 nitrogen and oxygen atoms in total. The lowest BCUT2D eigenvalue weighted by Crippen LogP contribution is -2.04. The van der Waals surface area contributed by atoms with Crippen molar-refractivity contribution in [1.82, 2.24) is 4.98 Å². The molecule has 29 heavy (non-hydrogen) atoms. The molecule has 0 spiro atoms. The molecule has 0 fully saturated rings. The first-order chi connectivity index (χ1) is 14.2. The van der Waals surface area contributed by atoms with E-state index < -0.39 is 0 Å². The van der Waals surface area contributed by atoms with Crippen LogP contribution in [0.3, 0.4) is 0 Å². The summed E-state index contributed by atoms with van der Waals surface area (Å²) in [5.74, 6) is 1.11. The van der Waals surface area contributed by atoms with E-state index in [0.717, 1.165) is 5.56 Å². The van der Waals surface area contributed by atoms with Crippen molar-refractivity contribution in [2.24, 2.45) is 0 Å². The lowest BCUT2D eigenvalue weighted by atomic mass is 9.97. The number of hydrogen-bond acceptors (Lipinski definition) is 7. The van der Waals surface area contributed by atoms with E-state index in [1.165, 1.54) is 11.8 Å². The number of nitrogens with two attached hydrogens (primary N) is 1. The van der Waals surface area contributed by atoms with E-state index in [9.17, 15) is 10.5 Å². The van der Waals surface area contributed by atoms with Gasteiger partial charge in [-0.2, -0.15) is 10.5 Å². The van der Waals surface area contributed by atoms with E-state index in [-0.39, 0.29) is 23.6 Å². The Labute approximate surface area is 173 Å². The smallest absolute Gasteiger partial charge is 0.143 e. The number of rotatable bonds is 7. The second-order valence-corrected chi connectivity index (χ2v) is 7.11. The summed E-state index contributed by atoms with van der Waals surface area (Å²) in [7, 11) is 0. The van der Waals surface area contributed by atoms with Crippen molar-refractivity contribution in [3.63, 3.8) is 0 Å². The van der Waals surface area contributed by atoms with Crippen LogP contribution < -0.4 is 10.5 Å². The number of aliphatic hydroxyl groups is 1. The summed E-state index contributed by atoms with van der Waals surface area (Å²) >= 11 is 1.22. The van der Waals surface area contributed by atoms with Crippen LogP contribution in [0.15, 0.2) is 59.6 Å². The minimum absolute atomic E-state index is 0.0556. The summed E-state index contributed by atoms with van der Waals surface area (Å²) < 4.78 is 5.80. The molecule has 0 aliphatic rings. The quantitative estimate of drug-likeness (QED) is 0.578. The molecule has 0 aliphatic heterocycles. The molecule has 7 heteroatoms. The van der Waals surface area contributed by atoms with Gasteiger partial charge in [0.05, 0.1) is 12.2 Å². The fourth-order valence-corrected chi connectivity index (χ4v) is 3.53. The molecule has 0 aliphatic carbocycles. The van der Waals surface area contributed by atoms with E-state index >= 15 is 0 Å². The maximum Gasteiger partial charge on any atom is 0.143 e. The van der Waals surface area contributed by atoms with Gasteiger partial charge in [0, 0.05) is 11.3 Å². The number of aliphatic hydroxyl groups excluding tert-OH is 1. The molecule has 0 saturated carbocycles. The molecule has 144 valence electrons. The Morgan fingerprint density at radius 2 is 1.69 bits per heavy atom. The number of hydrogen-bond donors (Lipinski definition) is 2. The monoisotopic (exact) mass is 402 g/mol. The highest BCUT2D eigenvalue weighted by Gasteiger charge is 2.20. The van der Waals surface area contributed by atoms with Gasteiger partial charge in [-0.05, 0) is 23.3 Å². The van der Waals surface area contributed by atoms with Gasteiger partial charge in [0.25, 0.3) is 0 Å². The highest BCUT2D eigenvalue weighted by molar-refractivity contribution is 7.99. The van der Waals surface area contributed by atoms with Gasteiger partial charge in [-0.3, -0.25) is 0 Å². The van der Waals surface area contributed by atoms with Crippen molar-refractivity contribution in [1.29, 1.82) is 10.5 Å². The topological polar surface area (TPSA) is 116 Å². The van der Waals surface area contributed by atoms with Crippen LogP contribution in [0.2, 0.25) is 0 Å². The van der Waals surface area contributed by atoms with Crippen LogP contribution in [0, 0.1) is 22.7 Å². The molecule has 3 aromatic rings. The minimum atomic E-state index is -0.0556. The number of thioether (sulfide) groups is 1. The van der Waals surface area contributed by atoms with Crippen molar-refractivity contribution < 1.29 is 9.84 Å². The second kappa shape index (κ2) is 9.61. The van der Waals surface area contributed by atoms with Gasteiger partial charge in [0.1, 0.15) is 40.9 Å². The summed E-state index contributed by atoms with van der Waals surface area (Å²) in [6.45, 7) is 0.386. The van der Waals surface area contributed by atoms with Gasteiger partial charge in [-0.1, -0.05) is 42.5 Å². The third-order valence-electron chi connectivity index (χ3n) is 4.14. The van der Waals surface area contributed by atoms with Crippen LogP contribution in [0.25, 0.3) is 11.1 Å². The van der Waals surface area contributed by atoms with Crippen molar-refractivity contribution in [2.75, 3.05) is 18.1 Å². The number of benzene rings is 2. The highest BCUT2D eigenvalue weighted by Crippen LogP contribution is 2.36. The third kappa shape index (κ3) is 4.67. The van der Waals surface area contributed by atoms with Gasteiger partial charge < -0.3 is 15.6 Å². The van der Waals surface area contributed by atoms with Crippen molar-refractivity contribution in [3.8, 4) is 29.0 Å². The Kier molecular flexibility index (Phi) is 6.70. The summed E-state index contributed by atoms with van der Waals surface area (Å²) in [5, 5.41) is 28.7. The Bertz CT molecular complexity index is 1070. The first kappa shape index (κ1) is 20.2. The Hall–Kier alpha value is -3.52. The van der Waals surface area contributed by atoms with E-state index in [1.54, 1.807) is 24.3 Å².